The lowest BCUT2D eigenvalue weighted by Crippen LogP contribution is -2.25. The zero-order valence-corrected chi connectivity index (χ0v) is 10.4. The molecule has 0 radical (unpaired) electrons. The Morgan fingerprint density at radius 3 is 2.94 bits per heavy atom. The van der Waals surface area contributed by atoms with E-state index in [0.717, 1.165) is 19.3 Å². The van der Waals surface area contributed by atoms with E-state index in [2.05, 4.69) is 35.6 Å². The van der Waals surface area contributed by atoms with Crippen molar-refractivity contribution in [1.82, 2.24) is 5.32 Å². The lowest BCUT2D eigenvalue weighted by Gasteiger charge is -2.00. The molecule has 1 N–H and O–H groups in total. The van der Waals surface area contributed by atoms with Crippen molar-refractivity contribution in [3.05, 3.63) is 35.2 Å². The van der Waals surface area contributed by atoms with Gasteiger partial charge in [-0.3, -0.25) is 4.79 Å². The summed E-state index contributed by atoms with van der Waals surface area (Å²) < 4.78 is 1.31. The Morgan fingerprint density at radius 2 is 2.18 bits per heavy atom. The number of nitrogens with one attached hydrogen (secondary N) is 1. The average molecular weight is 245 g/mol. The van der Waals surface area contributed by atoms with Gasteiger partial charge in [-0.05, 0) is 36.8 Å². The Morgan fingerprint density at radius 1 is 1.35 bits per heavy atom. The van der Waals surface area contributed by atoms with Gasteiger partial charge in [0.1, 0.15) is 0 Å². The second-order valence-corrected chi connectivity index (χ2v) is 5.76. The first-order chi connectivity index (χ1) is 8.31. The number of hydrogen-bond donors (Lipinski definition) is 1. The minimum atomic E-state index is 0.199. The summed E-state index contributed by atoms with van der Waals surface area (Å²) in [6.45, 7) is 0. The normalized spacial score (nSPS) is 15.1. The molecule has 1 aliphatic rings. The number of carbonyl (C=O) groups is 1. The Bertz CT molecular complexity index is 509. The van der Waals surface area contributed by atoms with E-state index in [1.54, 1.807) is 11.3 Å². The number of thiophene rings is 1. The molecule has 0 aliphatic heterocycles. The van der Waals surface area contributed by atoms with Gasteiger partial charge in [-0.1, -0.05) is 18.2 Å². The van der Waals surface area contributed by atoms with Gasteiger partial charge in [0.2, 0.25) is 5.91 Å². The third-order valence-corrected chi connectivity index (χ3v) is 4.19. The van der Waals surface area contributed by atoms with Crippen molar-refractivity contribution in [3.8, 4) is 0 Å². The SMILES string of the molecule is O=C(CCc1cc2ccccc2s1)NC1CC1. The molecule has 1 fully saturated rings. The predicted molar refractivity (Wildman–Crippen MR) is 71.3 cm³/mol. The maximum atomic E-state index is 11.6. The van der Waals surface area contributed by atoms with Gasteiger partial charge in [0.25, 0.3) is 0 Å². The first-order valence-electron chi connectivity index (χ1n) is 6.08. The molecule has 0 spiro atoms. The summed E-state index contributed by atoms with van der Waals surface area (Å²) in [4.78, 5) is 12.9. The molecule has 1 aliphatic carbocycles. The molecule has 1 amide bonds. The van der Waals surface area contributed by atoms with Gasteiger partial charge in [-0.15, -0.1) is 11.3 Å². The van der Waals surface area contributed by atoms with Gasteiger partial charge >= 0.3 is 0 Å². The number of rotatable bonds is 4. The monoisotopic (exact) mass is 245 g/mol. The zero-order valence-electron chi connectivity index (χ0n) is 9.61. The van der Waals surface area contributed by atoms with Crippen LogP contribution < -0.4 is 5.32 Å². The standard InChI is InChI=1S/C14H15NOS/c16-14(15-11-5-6-11)8-7-12-9-10-3-1-2-4-13(10)17-12/h1-4,9,11H,5-8H2,(H,15,16). The summed E-state index contributed by atoms with van der Waals surface area (Å²) in [5, 5.41) is 4.31. The minimum Gasteiger partial charge on any atom is -0.353 e. The van der Waals surface area contributed by atoms with Crippen LogP contribution in [0.3, 0.4) is 0 Å². The summed E-state index contributed by atoms with van der Waals surface area (Å²) in [6, 6.07) is 11.0. The second kappa shape index (κ2) is 4.49. The topological polar surface area (TPSA) is 29.1 Å². The quantitative estimate of drug-likeness (QED) is 0.881. The van der Waals surface area contributed by atoms with E-state index in [4.69, 9.17) is 0 Å². The van der Waals surface area contributed by atoms with E-state index in [9.17, 15) is 4.79 Å². The second-order valence-electron chi connectivity index (χ2n) is 4.59. The van der Waals surface area contributed by atoms with Crippen LogP contribution >= 0.6 is 11.3 Å². The molecule has 88 valence electrons. The van der Waals surface area contributed by atoms with E-state index >= 15 is 0 Å². The molecule has 1 aromatic carbocycles. The summed E-state index contributed by atoms with van der Waals surface area (Å²) in [6.07, 6.45) is 3.80. The fourth-order valence-electron chi connectivity index (χ4n) is 1.92. The highest BCUT2D eigenvalue weighted by molar-refractivity contribution is 7.19. The van der Waals surface area contributed by atoms with Crippen molar-refractivity contribution in [3.63, 3.8) is 0 Å². The van der Waals surface area contributed by atoms with E-state index in [-0.39, 0.29) is 5.91 Å². The Labute approximate surface area is 105 Å². The molecule has 1 aromatic heterocycles. The van der Waals surface area contributed by atoms with E-state index in [1.165, 1.54) is 15.0 Å². The first-order valence-corrected chi connectivity index (χ1v) is 6.90. The van der Waals surface area contributed by atoms with Gasteiger partial charge in [0.15, 0.2) is 0 Å². The largest absolute Gasteiger partial charge is 0.353 e. The number of benzene rings is 1. The Kier molecular flexibility index (Phi) is 2.85. The van der Waals surface area contributed by atoms with E-state index < -0.39 is 0 Å². The summed E-state index contributed by atoms with van der Waals surface area (Å²) in [7, 11) is 0. The van der Waals surface area contributed by atoms with Gasteiger partial charge in [-0.2, -0.15) is 0 Å². The number of fused-ring (bicyclic) bond motifs is 1. The van der Waals surface area contributed by atoms with Crippen LogP contribution in [0.4, 0.5) is 0 Å². The van der Waals surface area contributed by atoms with Crippen LogP contribution in [0.5, 0.6) is 0 Å². The fourth-order valence-corrected chi connectivity index (χ4v) is 2.99. The Balaban J connectivity index is 1.61. The molecule has 2 aromatic rings. The van der Waals surface area contributed by atoms with Crippen LogP contribution in [0.2, 0.25) is 0 Å². The first kappa shape index (κ1) is 10.8. The number of amides is 1. The van der Waals surface area contributed by atoms with Crippen LogP contribution in [0.25, 0.3) is 10.1 Å². The van der Waals surface area contributed by atoms with Crippen LogP contribution in [0.15, 0.2) is 30.3 Å². The molecule has 0 saturated heterocycles. The number of carbonyl (C=O) groups excluding carboxylic acids is 1. The van der Waals surface area contributed by atoms with Gasteiger partial charge in [0.05, 0.1) is 0 Å². The van der Waals surface area contributed by atoms with Gasteiger partial charge < -0.3 is 5.32 Å². The van der Waals surface area contributed by atoms with Gasteiger partial charge in [0, 0.05) is 22.0 Å². The molecule has 1 heterocycles. The average Bonchev–Trinajstić information content (AvgIpc) is 3.03. The van der Waals surface area contributed by atoms with Crippen LogP contribution in [0.1, 0.15) is 24.1 Å². The van der Waals surface area contributed by atoms with Crippen LogP contribution in [-0.4, -0.2) is 11.9 Å². The molecule has 3 heteroatoms. The highest BCUT2D eigenvalue weighted by atomic mass is 32.1. The Hall–Kier alpha value is -1.35. The van der Waals surface area contributed by atoms with Crippen molar-refractivity contribution in [2.24, 2.45) is 0 Å². The zero-order chi connectivity index (χ0) is 11.7. The van der Waals surface area contributed by atoms with Gasteiger partial charge in [-0.25, -0.2) is 0 Å². The third kappa shape index (κ3) is 2.67. The van der Waals surface area contributed by atoms with E-state index in [1.807, 2.05) is 0 Å². The van der Waals surface area contributed by atoms with Crippen molar-refractivity contribution in [1.29, 1.82) is 0 Å². The van der Waals surface area contributed by atoms with Crippen LogP contribution in [-0.2, 0) is 11.2 Å². The highest BCUT2D eigenvalue weighted by Gasteiger charge is 2.22. The summed E-state index contributed by atoms with van der Waals surface area (Å²) in [5.41, 5.74) is 0. The maximum absolute atomic E-state index is 11.6. The summed E-state index contributed by atoms with van der Waals surface area (Å²) >= 11 is 1.79. The smallest absolute Gasteiger partial charge is 0.220 e. The number of aryl methyl sites for hydroxylation is 1. The van der Waals surface area contributed by atoms with E-state index in [0.29, 0.717) is 12.5 Å². The fraction of sp³-hybridized carbons (Fsp3) is 0.357. The molecule has 0 atom stereocenters. The molecule has 3 rings (SSSR count). The molecular weight excluding hydrogens is 230 g/mol. The number of hydrogen-bond acceptors (Lipinski definition) is 2. The van der Waals surface area contributed by atoms with Crippen molar-refractivity contribution in [2.45, 2.75) is 31.7 Å². The van der Waals surface area contributed by atoms with Crippen LogP contribution in [0, 0.1) is 0 Å². The molecule has 2 nitrogen and oxygen atoms in total. The van der Waals surface area contributed by atoms with Crippen molar-refractivity contribution < 1.29 is 4.79 Å². The predicted octanol–water partition coefficient (Wildman–Crippen LogP) is 3.11. The lowest BCUT2D eigenvalue weighted by molar-refractivity contribution is -0.121. The highest BCUT2D eigenvalue weighted by Crippen LogP contribution is 2.26. The van der Waals surface area contributed by atoms with Crippen molar-refractivity contribution in [2.75, 3.05) is 0 Å². The molecule has 1 saturated carbocycles. The minimum absolute atomic E-state index is 0.199. The molecular formula is C14H15NOS. The molecule has 0 bridgehead atoms. The molecule has 17 heavy (non-hydrogen) atoms. The third-order valence-electron chi connectivity index (χ3n) is 3.02. The van der Waals surface area contributed by atoms with Crippen molar-refractivity contribution >= 4 is 27.3 Å². The maximum Gasteiger partial charge on any atom is 0.220 e. The lowest BCUT2D eigenvalue weighted by atomic mass is 10.2. The summed E-state index contributed by atoms with van der Waals surface area (Å²) in [5.74, 6) is 0.199. The molecule has 0 unspecified atom stereocenters.